The Morgan fingerprint density at radius 3 is 2.83 bits per heavy atom. The first-order valence-corrected chi connectivity index (χ1v) is 4.56. The third-order valence-corrected chi connectivity index (χ3v) is 2.58. The lowest BCUT2D eigenvalue weighted by molar-refractivity contribution is 0.295. The molecule has 12 heavy (non-hydrogen) atoms. The number of nitrogens with zero attached hydrogens (tertiary/aromatic N) is 2. The van der Waals surface area contributed by atoms with Crippen molar-refractivity contribution >= 4 is 6.21 Å². The standard InChI is InChI=1S/C9H18N2O/c1-11(2)7-9-5-3-4-8(9)6-10-12/h6,8-9,12H,3-5,7H2,1-2H3/b10-6-. The first kappa shape index (κ1) is 9.52. The average molecular weight is 170 g/mol. The fraction of sp³-hybridized carbons (Fsp3) is 0.889. The van der Waals surface area contributed by atoms with Gasteiger partial charge in [0.2, 0.25) is 0 Å². The summed E-state index contributed by atoms with van der Waals surface area (Å²) in [6.07, 6.45) is 5.42. The van der Waals surface area contributed by atoms with Gasteiger partial charge in [0.05, 0.1) is 0 Å². The zero-order chi connectivity index (χ0) is 8.97. The van der Waals surface area contributed by atoms with E-state index in [9.17, 15) is 0 Å². The number of hydrogen-bond donors (Lipinski definition) is 1. The third-order valence-electron chi connectivity index (χ3n) is 2.58. The molecule has 3 heteroatoms. The van der Waals surface area contributed by atoms with Crippen LogP contribution < -0.4 is 0 Å². The van der Waals surface area contributed by atoms with Crippen LogP contribution >= 0.6 is 0 Å². The van der Waals surface area contributed by atoms with Crippen LogP contribution in [0.4, 0.5) is 0 Å². The predicted octanol–water partition coefficient (Wildman–Crippen LogP) is 1.42. The van der Waals surface area contributed by atoms with Crippen molar-refractivity contribution in [3.05, 3.63) is 0 Å². The van der Waals surface area contributed by atoms with Gasteiger partial charge in [0.1, 0.15) is 0 Å². The molecule has 0 aromatic heterocycles. The van der Waals surface area contributed by atoms with Crippen LogP contribution in [0.3, 0.4) is 0 Å². The minimum atomic E-state index is 0.498. The van der Waals surface area contributed by atoms with E-state index < -0.39 is 0 Å². The van der Waals surface area contributed by atoms with E-state index >= 15 is 0 Å². The van der Waals surface area contributed by atoms with Gasteiger partial charge < -0.3 is 10.1 Å². The maximum atomic E-state index is 8.43. The lowest BCUT2D eigenvalue weighted by Crippen LogP contribution is -2.24. The van der Waals surface area contributed by atoms with Crippen LogP contribution in [0.25, 0.3) is 0 Å². The molecule has 1 fully saturated rings. The molecule has 1 rings (SSSR count). The van der Waals surface area contributed by atoms with Crippen molar-refractivity contribution in [2.45, 2.75) is 19.3 Å². The van der Waals surface area contributed by atoms with Gasteiger partial charge in [0.25, 0.3) is 0 Å². The Kier molecular flexibility index (Phi) is 3.53. The maximum absolute atomic E-state index is 8.43. The van der Waals surface area contributed by atoms with Gasteiger partial charge in [0, 0.05) is 18.7 Å². The predicted molar refractivity (Wildman–Crippen MR) is 49.7 cm³/mol. The summed E-state index contributed by atoms with van der Waals surface area (Å²) in [7, 11) is 4.18. The van der Waals surface area contributed by atoms with E-state index in [0.717, 1.165) is 6.54 Å². The molecule has 1 aliphatic rings. The highest BCUT2D eigenvalue weighted by Gasteiger charge is 2.26. The second-order valence-corrected chi connectivity index (χ2v) is 3.88. The monoisotopic (exact) mass is 170 g/mol. The van der Waals surface area contributed by atoms with Crippen LogP contribution in [0.2, 0.25) is 0 Å². The van der Waals surface area contributed by atoms with Crippen molar-refractivity contribution in [3.8, 4) is 0 Å². The molecule has 0 amide bonds. The molecule has 0 spiro atoms. The summed E-state index contributed by atoms with van der Waals surface area (Å²) in [6, 6.07) is 0. The smallest absolute Gasteiger partial charge is 0.0470 e. The molecule has 70 valence electrons. The molecule has 2 atom stereocenters. The van der Waals surface area contributed by atoms with Gasteiger partial charge in [-0.15, -0.1) is 5.16 Å². The molecule has 3 nitrogen and oxygen atoms in total. The normalized spacial score (nSPS) is 30.6. The number of hydrogen-bond acceptors (Lipinski definition) is 3. The van der Waals surface area contributed by atoms with E-state index in [2.05, 4.69) is 24.2 Å². The van der Waals surface area contributed by atoms with Crippen molar-refractivity contribution in [2.24, 2.45) is 17.0 Å². The van der Waals surface area contributed by atoms with E-state index in [4.69, 9.17) is 5.21 Å². The van der Waals surface area contributed by atoms with Crippen LogP contribution in [-0.2, 0) is 0 Å². The van der Waals surface area contributed by atoms with Gasteiger partial charge in [-0.3, -0.25) is 0 Å². The first-order valence-electron chi connectivity index (χ1n) is 4.56. The fourth-order valence-electron chi connectivity index (χ4n) is 2.04. The molecular formula is C9H18N2O. The molecule has 2 unspecified atom stereocenters. The minimum absolute atomic E-state index is 0.498. The number of oxime groups is 1. The Morgan fingerprint density at radius 2 is 2.25 bits per heavy atom. The maximum Gasteiger partial charge on any atom is 0.0470 e. The van der Waals surface area contributed by atoms with Crippen LogP contribution in [0.5, 0.6) is 0 Å². The van der Waals surface area contributed by atoms with Crippen molar-refractivity contribution in [2.75, 3.05) is 20.6 Å². The van der Waals surface area contributed by atoms with Gasteiger partial charge in [-0.05, 0) is 32.9 Å². The van der Waals surface area contributed by atoms with Crippen LogP contribution in [0, 0.1) is 11.8 Å². The molecule has 1 aliphatic carbocycles. The zero-order valence-corrected chi connectivity index (χ0v) is 7.90. The van der Waals surface area contributed by atoms with E-state index in [1.54, 1.807) is 6.21 Å². The van der Waals surface area contributed by atoms with Gasteiger partial charge >= 0.3 is 0 Å². The molecule has 0 aromatic carbocycles. The van der Waals surface area contributed by atoms with Crippen molar-refractivity contribution < 1.29 is 5.21 Å². The summed E-state index contributed by atoms with van der Waals surface area (Å²) in [5.74, 6) is 1.19. The molecule has 0 saturated heterocycles. The van der Waals surface area contributed by atoms with Crippen molar-refractivity contribution in [1.82, 2.24) is 4.90 Å². The van der Waals surface area contributed by atoms with Gasteiger partial charge in [-0.2, -0.15) is 0 Å². The average Bonchev–Trinajstić information content (AvgIpc) is 2.37. The van der Waals surface area contributed by atoms with Crippen molar-refractivity contribution in [1.29, 1.82) is 0 Å². The van der Waals surface area contributed by atoms with Gasteiger partial charge in [-0.1, -0.05) is 6.42 Å². The van der Waals surface area contributed by atoms with Crippen LogP contribution in [0.1, 0.15) is 19.3 Å². The van der Waals surface area contributed by atoms with E-state index in [1.165, 1.54) is 19.3 Å². The highest BCUT2D eigenvalue weighted by Crippen LogP contribution is 2.30. The largest absolute Gasteiger partial charge is 0.411 e. The Balaban J connectivity index is 2.40. The fourth-order valence-corrected chi connectivity index (χ4v) is 2.04. The molecule has 0 heterocycles. The third kappa shape index (κ3) is 2.48. The Labute approximate surface area is 74.1 Å². The van der Waals surface area contributed by atoms with E-state index in [0.29, 0.717) is 11.8 Å². The highest BCUT2D eigenvalue weighted by atomic mass is 16.4. The van der Waals surface area contributed by atoms with E-state index in [-0.39, 0.29) is 0 Å². The summed E-state index contributed by atoms with van der Waals surface area (Å²) in [5.41, 5.74) is 0. The zero-order valence-electron chi connectivity index (χ0n) is 7.90. The topological polar surface area (TPSA) is 35.8 Å². The summed E-state index contributed by atoms with van der Waals surface area (Å²) >= 11 is 0. The second kappa shape index (κ2) is 4.45. The first-order chi connectivity index (χ1) is 5.74. The van der Waals surface area contributed by atoms with Crippen LogP contribution in [-0.4, -0.2) is 37.0 Å². The lowest BCUT2D eigenvalue weighted by atomic mass is 9.97. The van der Waals surface area contributed by atoms with Crippen LogP contribution in [0.15, 0.2) is 5.16 Å². The summed E-state index contributed by atoms with van der Waals surface area (Å²) in [5, 5.41) is 11.6. The Morgan fingerprint density at radius 1 is 1.50 bits per heavy atom. The molecule has 0 radical (unpaired) electrons. The number of rotatable bonds is 3. The van der Waals surface area contributed by atoms with Crippen molar-refractivity contribution in [3.63, 3.8) is 0 Å². The lowest BCUT2D eigenvalue weighted by Gasteiger charge is -2.19. The quantitative estimate of drug-likeness (QED) is 0.395. The summed E-state index contributed by atoms with van der Waals surface area (Å²) < 4.78 is 0. The molecule has 0 bridgehead atoms. The van der Waals surface area contributed by atoms with Gasteiger partial charge in [0.15, 0.2) is 0 Å². The Bertz CT molecular complexity index is 157. The second-order valence-electron chi connectivity index (χ2n) is 3.88. The molecule has 1 N–H and O–H groups in total. The molecular weight excluding hydrogens is 152 g/mol. The molecule has 0 aromatic rings. The van der Waals surface area contributed by atoms with E-state index in [1.807, 2.05) is 0 Å². The summed E-state index contributed by atoms with van der Waals surface area (Å²) in [6.45, 7) is 1.11. The minimum Gasteiger partial charge on any atom is -0.411 e. The SMILES string of the molecule is CN(C)CC1CCCC1/C=N\O. The highest BCUT2D eigenvalue weighted by molar-refractivity contribution is 5.60. The Hall–Kier alpha value is -0.570. The summed E-state index contributed by atoms with van der Waals surface area (Å²) in [4.78, 5) is 2.20. The molecule has 0 aliphatic heterocycles. The van der Waals surface area contributed by atoms with Gasteiger partial charge in [-0.25, -0.2) is 0 Å². The molecule has 1 saturated carbocycles.